The average molecular weight is 845 g/mol. The maximum atomic E-state index is 13.2. The molecule has 0 radical (unpaired) electrons. The molecule has 1 aromatic carbocycles. The summed E-state index contributed by atoms with van der Waals surface area (Å²) in [7, 11) is 0. The summed E-state index contributed by atoms with van der Waals surface area (Å²) >= 11 is 5.44. The van der Waals surface area contributed by atoms with E-state index >= 15 is 0 Å². The molecule has 1 rings (SSSR count). The van der Waals surface area contributed by atoms with Crippen LogP contribution in [0.3, 0.4) is 0 Å². The SMILES string of the molecule is O=CNc1c(I)c(C(=O)NCC(COC=O)OC=O)c(I)c(C(=O)NC(COC=O)COC=O)c1I. The van der Waals surface area contributed by atoms with Crippen LogP contribution in [0.4, 0.5) is 5.69 Å². The summed E-state index contributed by atoms with van der Waals surface area (Å²) in [6.45, 7) is -0.509. The second-order valence-corrected chi connectivity index (χ2v) is 9.59. The molecule has 1 unspecified atom stereocenters. The van der Waals surface area contributed by atoms with E-state index in [1.165, 1.54) is 0 Å². The van der Waals surface area contributed by atoms with Gasteiger partial charge in [0.25, 0.3) is 37.7 Å². The molecule has 0 fully saturated rings. The van der Waals surface area contributed by atoms with Crippen molar-refractivity contribution in [2.45, 2.75) is 12.1 Å². The van der Waals surface area contributed by atoms with Crippen molar-refractivity contribution in [2.24, 2.45) is 0 Å². The van der Waals surface area contributed by atoms with Crippen LogP contribution < -0.4 is 16.0 Å². The van der Waals surface area contributed by atoms with Crippen molar-refractivity contribution in [3.63, 3.8) is 0 Å². The van der Waals surface area contributed by atoms with Crippen molar-refractivity contribution in [1.29, 1.82) is 0 Å². The van der Waals surface area contributed by atoms with Crippen LogP contribution in [-0.2, 0) is 42.9 Å². The number of benzene rings is 1. The van der Waals surface area contributed by atoms with Crippen LogP contribution in [0.2, 0.25) is 0 Å². The van der Waals surface area contributed by atoms with Crippen molar-refractivity contribution in [1.82, 2.24) is 10.6 Å². The largest absolute Gasteiger partial charge is 0.466 e. The van der Waals surface area contributed by atoms with Crippen LogP contribution in [0, 0.1) is 10.7 Å². The van der Waals surface area contributed by atoms with E-state index in [9.17, 15) is 33.6 Å². The van der Waals surface area contributed by atoms with Gasteiger partial charge in [-0.25, -0.2) is 0 Å². The third-order valence-corrected chi connectivity index (χ3v) is 7.37. The average Bonchev–Trinajstić information content (AvgIpc) is 2.85. The predicted octanol–water partition coefficient (Wildman–Crippen LogP) is -0.0425. The molecular weight excluding hydrogens is 827 g/mol. The molecule has 3 amide bonds. The van der Waals surface area contributed by atoms with Gasteiger partial charge in [-0.3, -0.25) is 33.6 Å². The molecule has 0 spiro atoms. The number of anilines is 1. The number of carbonyl (C=O) groups is 7. The molecule has 1 aromatic rings. The highest BCUT2D eigenvalue weighted by Gasteiger charge is 2.29. The molecule has 196 valence electrons. The van der Waals surface area contributed by atoms with Crippen molar-refractivity contribution < 1.29 is 52.5 Å². The molecule has 0 saturated carbocycles. The lowest BCUT2D eigenvalue weighted by Crippen LogP contribution is -2.42. The Kier molecular flexibility index (Phi) is 15.2. The maximum Gasteiger partial charge on any atom is 0.293 e. The van der Waals surface area contributed by atoms with Crippen LogP contribution in [0.15, 0.2) is 0 Å². The molecule has 0 saturated heterocycles. The number of carbonyl (C=O) groups excluding carboxylic acids is 7. The Morgan fingerprint density at radius 1 is 0.750 bits per heavy atom. The molecule has 0 aliphatic rings. The Labute approximate surface area is 244 Å². The van der Waals surface area contributed by atoms with Gasteiger partial charge in [-0.1, -0.05) is 0 Å². The first-order chi connectivity index (χ1) is 17.3. The monoisotopic (exact) mass is 845 g/mol. The van der Waals surface area contributed by atoms with E-state index in [-0.39, 0.29) is 72.6 Å². The molecule has 17 heteroatoms. The first kappa shape index (κ1) is 31.7. The van der Waals surface area contributed by atoms with E-state index < -0.39 is 24.0 Å². The highest BCUT2D eigenvalue weighted by atomic mass is 127. The second-order valence-electron chi connectivity index (χ2n) is 6.35. The summed E-state index contributed by atoms with van der Waals surface area (Å²) in [6, 6.07) is -0.905. The number of ether oxygens (including phenoxy) is 4. The number of hydrogen-bond donors (Lipinski definition) is 3. The van der Waals surface area contributed by atoms with Crippen molar-refractivity contribution in [3.8, 4) is 0 Å². The fourth-order valence-electron chi connectivity index (χ4n) is 2.61. The van der Waals surface area contributed by atoms with Crippen molar-refractivity contribution >= 4 is 118 Å². The van der Waals surface area contributed by atoms with Gasteiger partial charge in [0.05, 0.1) is 36.5 Å². The molecule has 0 heterocycles. The zero-order chi connectivity index (χ0) is 27.1. The van der Waals surface area contributed by atoms with Crippen LogP contribution in [-0.4, -0.2) is 82.6 Å². The summed E-state index contributed by atoms with van der Waals surface area (Å²) in [5, 5.41) is 7.55. The Morgan fingerprint density at radius 3 is 1.78 bits per heavy atom. The minimum atomic E-state index is -0.970. The molecule has 1 atom stereocenters. The van der Waals surface area contributed by atoms with Gasteiger partial charge in [-0.15, -0.1) is 0 Å². The normalized spacial score (nSPS) is 10.9. The molecule has 3 N–H and O–H groups in total. The van der Waals surface area contributed by atoms with Gasteiger partial charge in [-0.05, 0) is 67.8 Å². The molecule has 0 aromatic heterocycles. The minimum absolute atomic E-state index is 0.0123. The van der Waals surface area contributed by atoms with Crippen molar-refractivity contribution in [2.75, 3.05) is 31.7 Å². The van der Waals surface area contributed by atoms with E-state index in [1.54, 1.807) is 22.6 Å². The van der Waals surface area contributed by atoms with Gasteiger partial charge in [0, 0.05) is 3.57 Å². The molecule has 0 bridgehead atoms. The highest BCUT2D eigenvalue weighted by molar-refractivity contribution is 14.1. The lowest BCUT2D eigenvalue weighted by Gasteiger charge is -2.21. The topological polar surface area (TPSA) is 192 Å². The third-order valence-electron chi connectivity index (χ3n) is 4.13. The van der Waals surface area contributed by atoms with E-state index in [4.69, 9.17) is 4.74 Å². The summed E-state index contributed by atoms with van der Waals surface area (Å²) < 4.78 is 19.4. The maximum absolute atomic E-state index is 13.2. The molecular formula is C19H18I3N3O11. The molecule has 36 heavy (non-hydrogen) atoms. The van der Waals surface area contributed by atoms with E-state index in [0.717, 1.165) is 0 Å². The van der Waals surface area contributed by atoms with Crippen LogP contribution in [0.1, 0.15) is 20.7 Å². The zero-order valence-corrected chi connectivity index (χ0v) is 24.5. The summed E-state index contributed by atoms with van der Waals surface area (Å²) in [4.78, 5) is 79.6. The fourth-order valence-corrected chi connectivity index (χ4v) is 7.07. The van der Waals surface area contributed by atoms with Gasteiger partial charge in [-0.2, -0.15) is 0 Å². The predicted molar refractivity (Wildman–Crippen MR) is 145 cm³/mol. The van der Waals surface area contributed by atoms with Crippen molar-refractivity contribution in [3.05, 3.63) is 21.8 Å². The molecule has 0 aliphatic carbocycles. The van der Waals surface area contributed by atoms with Gasteiger partial charge < -0.3 is 34.9 Å². The van der Waals surface area contributed by atoms with E-state index in [0.29, 0.717) is 13.6 Å². The Hall–Kier alpha value is -2.30. The van der Waals surface area contributed by atoms with Gasteiger partial charge in [0.2, 0.25) is 6.41 Å². The summed E-state index contributed by atoms with van der Waals surface area (Å²) in [5.74, 6) is -1.39. The van der Waals surface area contributed by atoms with Gasteiger partial charge >= 0.3 is 0 Å². The van der Waals surface area contributed by atoms with E-state index in [2.05, 4.69) is 30.2 Å². The summed E-state index contributed by atoms with van der Waals surface area (Å²) in [6.07, 6.45) is -0.596. The summed E-state index contributed by atoms with van der Waals surface area (Å²) in [5.41, 5.74) is 0.215. The highest BCUT2D eigenvalue weighted by Crippen LogP contribution is 2.35. The molecule has 0 aliphatic heterocycles. The van der Waals surface area contributed by atoms with Gasteiger partial charge in [0.1, 0.15) is 19.8 Å². The second kappa shape index (κ2) is 17.2. The van der Waals surface area contributed by atoms with Gasteiger partial charge in [0.15, 0.2) is 6.10 Å². The minimum Gasteiger partial charge on any atom is -0.466 e. The molecule has 14 nitrogen and oxygen atoms in total. The fraction of sp³-hybridized carbons (Fsp3) is 0.316. The number of amides is 3. The lowest BCUT2D eigenvalue weighted by atomic mass is 10.1. The number of hydrogen-bond acceptors (Lipinski definition) is 11. The smallest absolute Gasteiger partial charge is 0.293 e. The first-order valence-electron chi connectivity index (χ1n) is 9.51. The zero-order valence-electron chi connectivity index (χ0n) is 18.0. The quantitative estimate of drug-likeness (QED) is 0.102. The lowest BCUT2D eigenvalue weighted by molar-refractivity contribution is -0.142. The van der Waals surface area contributed by atoms with E-state index in [1.807, 2.05) is 45.2 Å². The van der Waals surface area contributed by atoms with Crippen LogP contribution in [0.5, 0.6) is 0 Å². The number of nitrogens with one attached hydrogen (secondary N) is 3. The standard InChI is InChI=1S/C19H18I3N3O11/c20-14-12(18(31)23-1-11(36-9-30)4-35-8-29)15(21)17(24-5-26)16(22)13(14)19(32)25-10(2-33-6-27)3-34-7-28/h5-11H,1-4H2,(H,23,31)(H,24,26)(H,25,32). The van der Waals surface area contributed by atoms with Crippen LogP contribution >= 0.6 is 67.8 Å². The Morgan fingerprint density at radius 2 is 1.28 bits per heavy atom. The first-order valence-corrected chi connectivity index (χ1v) is 12.7. The van der Waals surface area contributed by atoms with Crippen LogP contribution in [0.25, 0.3) is 0 Å². The number of halogens is 3. The third kappa shape index (κ3) is 9.29. The Balaban J connectivity index is 3.38. The number of rotatable bonds is 18. The Bertz CT molecular complexity index is 981.